The lowest BCUT2D eigenvalue weighted by Gasteiger charge is -2.29. The summed E-state index contributed by atoms with van der Waals surface area (Å²) < 4.78 is 0. The van der Waals surface area contributed by atoms with Crippen LogP contribution in [-0.4, -0.2) is 70.1 Å². The number of primary amides is 1. The smallest absolute Gasteiger partial charge is 0.328 e. The largest absolute Gasteiger partial charge is 0.480 e. The molecule has 0 bridgehead atoms. The predicted molar refractivity (Wildman–Crippen MR) is 116 cm³/mol. The van der Waals surface area contributed by atoms with E-state index in [-0.39, 0.29) is 18.8 Å². The summed E-state index contributed by atoms with van der Waals surface area (Å²) >= 11 is 0. The zero-order chi connectivity index (χ0) is 25.2. The maximum absolute atomic E-state index is 13.0. The van der Waals surface area contributed by atoms with Crippen molar-refractivity contribution in [3.63, 3.8) is 0 Å². The van der Waals surface area contributed by atoms with Crippen LogP contribution in [0, 0.1) is 11.8 Å². The molecule has 12 nitrogen and oxygen atoms in total. The van der Waals surface area contributed by atoms with Crippen LogP contribution in [0.25, 0.3) is 0 Å². The van der Waals surface area contributed by atoms with E-state index in [1.165, 1.54) is 6.92 Å². The van der Waals surface area contributed by atoms with Crippen molar-refractivity contribution in [3.05, 3.63) is 0 Å². The fourth-order valence-corrected chi connectivity index (χ4v) is 2.80. The first kappa shape index (κ1) is 29.3. The number of aliphatic hydroxyl groups excluding tert-OH is 1. The third-order valence-corrected chi connectivity index (χ3v) is 5.12. The standard InChI is InChI=1S/C20H37N5O7/c1-6-10(4)15(24-17(28)12(21)7-8-13(22)27)19(30)23-14(9(2)3)18(29)25-16(11(5)26)20(31)32/h9-12,14-16,26H,6-8,21H2,1-5H3,(H2,22,27)(H,23,30)(H,24,28)(H,25,29)(H,31,32). The van der Waals surface area contributed by atoms with Crippen molar-refractivity contribution in [1.82, 2.24) is 16.0 Å². The maximum atomic E-state index is 13.0. The molecule has 12 heteroatoms. The number of rotatable bonds is 14. The van der Waals surface area contributed by atoms with E-state index >= 15 is 0 Å². The number of nitrogens with one attached hydrogen (secondary N) is 3. The predicted octanol–water partition coefficient (Wildman–Crippen LogP) is -1.80. The van der Waals surface area contributed by atoms with Gasteiger partial charge in [0, 0.05) is 6.42 Å². The summed E-state index contributed by atoms with van der Waals surface area (Å²) in [6, 6.07) is -4.73. The Labute approximate surface area is 187 Å². The molecule has 0 aromatic carbocycles. The van der Waals surface area contributed by atoms with E-state index in [0.717, 1.165) is 0 Å². The number of nitrogens with two attached hydrogens (primary N) is 2. The third-order valence-electron chi connectivity index (χ3n) is 5.12. The number of hydrogen-bond donors (Lipinski definition) is 7. The molecular weight excluding hydrogens is 422 g/mol. The highest BCUT2D eigenvalue weighted by Crippen LogP contribution is 2.11. The normalized spacial score (nSPS) is 16.8. The molecule has 184 valence electrons. The zero-order valence-electron chi connectivity index (χ0n) is 19.3. The lowest BCUT2D eigenvalue weighted by molar-refractivity contribution is -0.145. The zero-order valence-corrected chi connectivity index (χ0v) is 19.3. The highest BCUT2D eigenvalue weighted by atomic mass is 16.4. The van der Waals surface area contributed by atoms with Crippen molar-refractivity contribution in [1.29, 1.82) is 0 Å². The summed E-state index contributed by atoms with van der Waals surface area (Å²) in [6.45, 7) is 8.07. The van der Waals surface area contributed by atoms with Crippen LogP contribution in [0.15, 0.2) is 0 Å². The van der Waals surface area contributed by atoms with Gasteiger partial charge in [0.25, 0.3) is 0 Å². The number of carboxylic acid groups (broad SMARTS) is 1. The van der Waals surface area contributed by atoms with Gasteiger partial charge in [0.15, 0.2) is 6.04 Å². The Kier molecular flexibility index (Phi) is 12.5. The summed E-state index contributed by atoms with van der Waals surface area (Å²) in [5, 5.41) is 26.1. The van der Waals surface area contributed by atoms with Crippen LogP contribution in [0.4, 0.5) is 0 Å². The first-order valence-electron chi connectivity index (χ1n) is 10.6. The average molecular weight is 460 g/mol. The second-order valence-corrected chi connectivity index (χ2v) is 8.28. The number of carbonyl (C=O) groups excluding carboxylic acids is 4. The number of aliphatic carboxylic acids is 1. The lowest BCUT2D eigenvalue weighted by atomic mass is 9.95. The Balaban J connectivity index is 5.44. The van der Waals surface area contributed by atoms with E-state index < -0.39 is 65.8 Å². The quantitative estimate of drug-likeness (QED) is 0.157. The molecule has 0 aliphatic rings. The van der Waals surface area contributed by atoms with Gasteiger partial charge in [-0.3, -0.25) is 19.2 Å². The van der Waals surface area contributed by atoms with E-state index in [2.05, 4.69) is 16.0 Å². The van der Waals surface area contributed by atoms with Gasteiger partial charge in [-0.1, -0.05) is 34.1 Å². The van der Waals surface area contributed by atoms with Gasteiger partial charge in [0.1, 0.15) is 12.1 Å². The minimum Gasteiger partial charge on any atom is -0.480 e. The molecule has 0 saturated carbocycles. The summed E-state index contributed by atoms with van der Waals surface area (Å²) in [5.41, 5.74) is 10.8. The number of carboxylic acids is 1. The lowest BCUT2D eigenvalue weighted by Crippen LogP contribution is -2.60. The average Bonchev–Trinajstić information content (AvgIpc) is 2.70. The molecule has 0 heterocycles. The Morgan fingerprint density at radius 1 is 0.844 bits per heavy atom. The van der Waals surface area contributed by atoms with Crippen molar-refractivity contribution >= 4 is 29.6 Å². The number of carbonyl (C=O) groups is 5. The van der Waals surface area contributed by atoms with Gasteiger partial charge in [0.05, 0.1) is 12.1 Å². The van der Waals surface area contributed by atoms with Crippen molar-refractivity contribution < 1.29 is 34.2 Å². The molecule has 0 spiro atoms. The maximum Gasteiger partial charge on any atom is 0.328 e. The van der Waals surface area contributed by atoms with Crippen molar-refractivity contribution in [2.45, 2.75) is 84.2 Å². The van der Waals surface area contributed by atoms with Gasteiger partial charge in [-0.15, -0.1) is 0 Å². The minimum absolute atomic E-state index is 0.0168. The number of amides is 4. The molecule has 0 aromatic heterocycles. The molecule has 32 heavy (non-hydrogen) atoms. The first-order chi connectivity index (χ1) is 14.7. The van der Waals surface area contributed by atoms with Gasteiger partial charge in [-0.25, -0.2) is 4.79 Å². The summed E-state index contributed by atoms with van der Waals surface area (Å²) in [6.07, 6.45) is -0.897. The Morgan fingerprint density at radius 2 is 1.31 bits per heavy atom. The van der Waals surface area contributed by atoms with E-state index in [0.29, 0.717) is 6.42 Å². The molecule has 6 unspecified atom stereocenters. The van der Waals surface area contributed by atoms with Crippen LogP contribution < -0.4 is 27.4 Å². The number of hydrogen-bond acceptors (Lipinski definition) is 7. The summed E-state index contributed by atoms with van der Waals surface area (Å²) in [7, 11) is 0. The van der Waals surface area contributed by atoms with Gasteiger partial charge in [-0.2, -0.15) is 0 Å². The van der Waals surface area contributed by atoms with Gasteiger partial charge in [0.2, 0.25) is 23.6 Å². The van der Waals surface area contributed by atoms with Crippen LogP contribution in [0.5, 0.6) is 0 Å². The van der Waals surface area contributed by atoms with Crippen LogP contribution >= 0.6 is 0 Å². The Morgan fingerprint density at radius 3 is 1.72 bits per heavy atom. The van der Waals surface area contributed by atoms with Gasteiger partial charge < -0.3 is 37.6 Å². The fraction of sp³-hybridized carbons (Fsp3) is 0.750. The Bertz CT molecular complexity index is 683. The van der Waals surface area contributed by atoms with Gasteiger partial charge >= 0.3 is 5.97 Å². The minimum atomic E-state index is -1.55. The third kappa shape index (κ3) is 9.60. The molecular formula is C20H37N5O7. The molecule has 0 aliphatic carbocycles. The van der Waals surface area contributed by atoms with Crippen molar-refractivity contribution in [2.24, 2.45) is 23.3 Å². The second-order valence-electron chi connectivity index (χ2n) is 8.28. The highest BCUT2D eigenvalue weighted by molar-refractivity contribution is 5.94. The highest BCUT2D eigenvalue weighted by Gasteiger charge is 2.34. The fourth-order valence-electron chi connectivity index (χ4n) is 2.80. The van der Waals surface area contributed by atoms with E-state index in [1.807, 2.05) is 6.92 Å². The first-order valence-corrected chi connectivity index (χ1v) is 10.6. The Hall–Kier alpha value is -2.73. The summed E-state index contributed by atoms with van der Waals surface area (Å²) in [5.74, 6) is -4.83. The van der Waals surface area contributed by atoms with Crippen LogP contribution in [0.2, 0.25) is 0 Å². The topological polar surface area (TPSA) is 214 Å². The van der Waals surface area contributed by atoms with Crippen LogP contribution in [0.3, 0.4) is 0 Å². The van der Waals surface area contributed by atoms with Crippen LogP contribution in [-0.2, 0) is 24.0 Å². The molecule has 9 N–H and O–H groups in total. The molecule has 0 aromatic rings. The molecule has 0 aliphatic heterocycles. The summed E-state index contributed by atoms with van der Waals surface area (Å²) in [4.78, 5) is 60.1. The van der Waals surface area contributed by atoms with E-state index in [1.54, 1.807) is 20.8 Å². The van der Waals surface area contributed by atoms with E-state index in [9.17, 15) is 29.1 Å². The molecule has 0 rings (SSSR count). The van der Waals surface area contributed by atoms with E-state index in [4.69, 9.17) is 16.6 Å². The SMILES string of the molecule is CCC(C)C(NC(=O)C(N)CCC(N)=O)C(=O)NC(C(=O)NC(C(=O)O)C(C)O)C(C)C. The van der Waals surface area contributed by atoms with Crippen molar-refractivity contribution in [3.8, 4) is 0 Å². The van der Waals surface area contributed by atoms with Crippen LogP contribution in [0.1, 0.15) is 53.9 Å². The molecule has 0 radical (unpaired) electrons. The molecule has 0 saturated heterocycles. The number of aliphatic hydroxyl groups is 1. The molecule has 6 atom stereocenters. The second kappa shape index (κ2) is 13.6. The monoisotopic (exact) mass is 459 g/mol. The van der Waals surface area contributed by atoms with Crippen molar-refractivity contribution in [2.75, 3.05) is 0 Å². The molecule has 0 fully saturated rings. The molecule has 4 amide bonds. The van der Waals surface area contributed by atoms with Gasteiger partial charge in [-0.05, 0) is 25.2 Å².